The summed E-state index contributed by atoms with van der Waals surface area (Å²) in [6.07, 6.45) is 0. The highest BCUT2D eigenvalue weighted by molar-refractivity contribution is 5.94. The van der Waals surface area contributed by atoms with E-state index in [9.17, 15) is 4.79 Å². The second kappa shape index (κ2) is 8.63. The number of anilines is 1. The molecular weight excluding hydrogens is 244 g/mol. The Morgan fingerprint density at radius 2 is 2.16 bits per heavy atom. The van der Waals surface area contributed by atoms with Crippen LogP contribution in [0.4, 0.5) is 5.69 Å². The molecule has 0 aromatic heterocycles. The Morgan fingerprint density at radius 3 is 2.84 bits per heavy atom. The lowest BCUT2D eigenvalue weighted by atomic mass is 10.2. The number of hydrogen-bond acceptors (Lipinski definition) is 4. The number of carbonyl (C=O) groups is 1. The number of rotatable bonds is 8. The fourth-order valence-corrected chi connectivity index (χ4v) is 1.45. The lowest BCUT2D eigenvalue weighted by Crippen LogP contribution is -2.35. The second-order valence-corrected chi connectivity index (χ2v) is 4.25. The molecule has 0 heterocycles. The van der Waals surface area contributed by atoms with Crippen LogP contribution in [-0.2, 0) is 20.9 Å². The molecule has 1 aromatic rings. The van der Waals surface area contributed by atoms with Gasteiger partial charge < -0.3 is 20.1 Å². The van der Waals surface area contributed by atoms with Gasteiger partial charge in [0.1, 0.15) is 0 Å². The minimum Gasteiger partial charge on any atom is -0.382 e. The number of amides is 1. The number of benzene rings is 1. The van der Waals surface area contributed by atoms with E-state index in [-0.39, 0.29) is 11.9 Å². The highest BCUT2D eigenvalue weighted by Gasteiger charge is 2.10. The molecule has 0 aliphatic heterocycles. The molecule has 0 bridgehead atoms. The highest BCUT2D eigenvalue weighted by atomic mass is 16.5. The molecule has 0 saturated carbocycles. The number of likely N-dealkylation sites (N-methyl/N-ethyl adjacent to an activating group) is 1. The summed E-state index contributed by atoms with van der Waals surface area (Å²) in [4.78, 5) is 11.7. The zero-order valence-corrected chi connectivity index (χ0v) is 11.7. The quantitative estimate of drug-likeness (QED) is 0.698. The van der Waals surface area contributed by atoms with Crippen LogP contribution in [0.2, 0.25) is 0 Å². The van der Waals surface area contributed by atoms with Gasteiger partial charge in [0.25, 0.3) is 0 Å². The van der Waals surface area contributed by atoms with Crippen molar-refractivity contribution in [3.05, 3.63) is 29.8 Å². The van der Waals surface area contributed by atoms with E-state index in [0.29, 0.717) is 19.8 Å². The molecular formula is C14H22N2O3. The Morgan fingerprint density at radius 1 is 1.37 bits per heavy atom. The standard InChI is InChI=1S/C14H22N2O3/c1-11(15-2)14(17)16-13-6-4-5-12(9-13)10-19-8-7-18-3/h4-6,9,11,15H,7-8,10H2,1-3H3,(H,16,17). The van der Waals surface area contributed by atoms with Crippen LogP contribution in [-0.4, -0.2) is 39.3 Å². The molecule has 0 aliphatic rings. The Balaban J connectivity index is 2.49. The number of hydrogen-bond donors (Lipinski definition) is 2. The lowest BCUT2D eigenvalue weighted by molar-refractivity contribution is -0.117. The summed E-state index contributed by atoms with van der Waals surface area (Å²) >= 11 is 0. The molecule has 0 saturated heterocycles. The summed E-state index contributed by atoms with van der Waals surface area (Å²) in [5.41, 5.74) is 1.80. The van der Waals surface area contributed by atoms with Crippen LogP contribution in [0.15, 0.2) is 24.3 Å². The van der Waals surface area contributed by atoms with E-state index in [0.717, 1.165) is 11.3 Å². The second-order valence-electron chi connectivity index (χ2n) is 4.25. The third kappa shape index (κ3) is 5.83. The molecule has 0 spiro atoms. The van der Waals surface area contributed by atoms with Gasteiger partial charge in [-0.15, -0.1) is 0 Å². The van der Waals surface area contributed by atoms with Crippen molar-refractivity contribution in [2.24, 2.45) is 0 Å². The summed E-state index contributed by atoms with van der Waals surface area (Å²) < 4.78 is 10.3. The van der Waals surface area contributed by atoms with Crippen molar-refractivity contribution in [3.8, 4) is 0 Å². The van der Waals surface area contributed by atoms with Gasteiger partial charge in [0.2, 0.25) is 5.91 Å². The molecule has 1 amide bonds. The van der Waals surface area contributed by atoms with Gasteiger partial charge in [0.15, 0.2) is 0 Å². The molecule has 1 rings (SSSR count). The Bertz CT molecular complexity index is 396. The summed E-state index contributed by atoms with van der Waals surface area (Å²) in [6, 6.07) is 7.41. The van der Waals surface area contributed by atoms with Crippen LogP contribution in [0.1, 0.15) is 12.5 Å². The van der Waals surface area contributed by atoms with Crippen molar-refractivity contribution >= 4 is 11.6 Å². The molecule has 5 nitrogen and oxygen atoms in total. The maximum absolute atomic E-state index is 11.7. The zero-order valence-electron chi connectivity index (χ0n) is 11.7. The van der Waals surface area contributed by atoms with E-state index in [4.69, 9.17) is 9.47 Å². The Labute approximate surface area is 114 Å². The molecule has 0 radical (unpaired) electrons. The third-order valence-electron chi connectivity index (χ3n) is 2.72. The van der Waals surface area contributed by atoms with Crippen LogP contribution < -0.4 is 10.6 Å². The monoisotopic (exact) mass is 266 g/mol. The lowest BCUT2D eigenvalue weighted by Gasteiger charge is -2.12. The summed E-state index contributed by atoms with van der Waals surface area (Å²) in [5, 5.41) is 5.75. The molecule has 1 unspecified atom stereocenters. The number of methoxy groups -OCH3 is 1. The van der Waals surface area contributed by atoms with Crippen molar-refractivity contribution in [1.29, 1.82) is 0 Å². The van der Waals surface area contributed by atoms with E-state index in [1.54, 1.807) is 14.2 Å². The van der Waals surface area contributed by atoms with Gasteiger partial charge in [-0.25, -0.2) is 0 Å². The third-order valence-corrected chi connectivity index (χ3v) is 2.72. The minimum atomic E-state index is -0.221. The number of carbonyl (C=O) groups excluding carboxylic acids is 1. The SMILES string of the molecule is CNC(C)C(=O)Nc1cccc(COCCOC)c1. The van der Waals surface area contributed by atoms with Crippen molar-refractivity contribution in [3.63, 3.8) is 0 Å². The van der Waals surface area contributed by atoms with Crippen molar-refractivity contribution in [2.75, 3.05) is 32.7 Å². The first kappa shape index (κ1) is 15.6. The van der Waals surface area contributed by atoms with Gasteiger partial charge in [0.05, 0.1) is 25.9 Å². The maximum atomic E-state index is 11.7. The highest BCUT2D eigenvalue weighted by Crippen LogP contribution is 2.12. The number of nitrogens with one attached hydrogen (secondary N) is 2. The molecule has 1 atom stereocenters. The van der Waals surface area contributed by atoms with Crippen LogP contribution in [0.5, 0.6) is 0 Å². The van der Waals surface area contributed by atoms with Crippen LogP contribution in [0.25, 0.3) is 0 Å². The first-order chi connectivity index (χ1) is 9.17. The average molecular weight is 266 g/mol. The normalized spacial score (nSPS) is 12.2. The fourth-order valence-electron chi connectivity index (χ4n) is 1.45. The van der Waals surface area contributed by atoms with Crippen molar-refractivity contribution < 1.29 is 14.3 Å². The molecule has 2 N–H and O–H groups in total. The summed E-state index contributed by atoms with van der Waals surface area (Å²) in [5.74, 6) is -0.0556. The van der Waals surface area contributed by atoms with E-state index in [1.807, 2.05) is 31.2 Å². The Hall–Kier alpha value is -1.43. The first-order valence-corrected chi connectivity index (χ1v) is 6.31. The van der Waals surface area contributed by atoms with Crippen LogP contribution in [0.3, 0.4) is 0 Å². The molecule has 19 heavy (non-hydrogen) atoms. The van der Waals surface area contributed by atoms with E-state index in [1.165, 1.54) is 0 Å². The van der Waals surface area contributed by atoms with Crippen molar-refractivity contribution in [1.82, 2.24) is 5.32 Å². The van der Waals surface area contributed by atoms with E-state index < -0.39 is 0 Å². The van der Waals surface area contributed by atoms with Crippen LogP contribution >= 0.6 is 0 Å². The van der Waals surface area contributed by atoms with Gasteiger partial charge in [-0.05, 0) is 31.7 Å². The average Bonchev–Trinajstić information content (AvgIpc) is 2.43. The predicted octanol–water partition coefficient (Wildman–Crippen LogP) is 1.40. The molecule has 0 aliphatic carbocycles. The van der Waals surface area contributed by atoms with E-state index in [2.05, 4.69) is 10.6 Å². The van der Waals surface area contributed by atoms with Gasteiger partial charge in [-0.3, -0.25) is 4.79 Å². The molecule has 106 valence electrons. The van der Waals surface area contributed by atoms with Gasteiger partial charge in [-0.2, -0.15) is 0 Å². The molecule has 1 aromatic carbocycles. The van der Waals surface area contributed by atoms with Gasteiger partial charge in [-0.1, -0.05) is 12.1 Å². The minimum absolute atomic E-state index is 0.0556. The van der Waals surface area contributed by atoms with Gasteiger partial charge >= 0.3 is 0 Å². The first-order valence-electron chi connectivity index (χ1n) is 6.31. The van der Waals surface area contributed by atoms with E-state index >= 15 is 0 Å². The molecule has 0 fully saturated rings. The smallest absolute Gasteiger partial charge is 0.241 e. The Kier molecular flexibility index (Phi) is 7.10. The number of ether oxygens (including phenoxy) is 2. The zero-order chi connectivity index (χ0) is 14.1. The fraction of sp³-hybridized carbons (Fsp3) is 0.500. The largest absolute Gasteiger partial charge is 0.382 e. The van der Waals surface area contributed by atoms with Gasteiger partial charge in [0, 0.05) is 12.8 Å². The molecule has 5 heteroatoms. The predicted molar refractivity (Wildman–Crippen MR) is 75.1 cm³/mol. The van der Waals surface area contributed by atoms with Crippen LogP contribution in [0, 0.1) is 0 Å². The summed E-state index contributed by atoms with van der Waals surface area (Å²) in [7, 11) is 3.40. The maximum Gasteiger partial charge on any atom is 0.241 e. The topological polar surface area (TPSA) is 59.6 Å². The summed E-state index contributed by atoms with van der Waals surface area (Å²) in [6.45, 7) is 3.46. The van der Waals surface area contributed by atoms with Crippen molar-refractivity contribution in [2.45, 2.75) is 19.6 Å².